The highest BCUT2D eigenvalue weighted by Gasteiger charge is 1.97. The summed E-state index contributed by atoms with van der Waals surface area (Å²) < 4.78 is 0. The summed E-state index contributed by atoms with van der Waals surface area (Å²) in [4.78, 5) is 0. The number of para-hydroxylation sites is 1. The molecule has 0 aliphatic carbocycles. The molecule has 0 fully saturated rings. The Hall–Kier alpha value is -2.35. The van der Waals surface area contributed by atoms with Crippen LogP contribution < -0.4 is 5.43 Å². The molecule has 0 saturated carbocycles. The molecule has 0 saturated heterocycles. The molecule has 2 aromatic rings. The van der Waals surface area contributed by atoms with E-state index in [-0.39, 0.29) is 0 Å². The van der Waals surface area contributed by atoms with E-state index >= 15 is 0 Å². The van der Waals surface area contributed by atoms with Crippen LogP contribution >= 0.6 is 0 Å². The van der Waals surface area contributed by atoms with Crippen LogP contribution in [0.25, 0.3) is 0 Å². The Morgan fingerprint density at radius 3 is 2.50 bits per heavy atom. The molecule has 0 aliphatic rings. The molecule has 90 valence electrons. The maximum Gasteiger partial charge on any atom is 0.0596 e. The molecule has 2 heteroatoms. The molecule has 0 aromatic heterocycles. The zero-order chi connectivity index (χ0) is 12.6. The van der Waals surface area contributed by atoms with Gasteiger partial charge in [-0.3, -0.25) is 5.43 Å². The number of rotatable bonds is 5. The largest absolute Gasteiger partial charge is 0.278 e. The highest BCUT2D eigenvalue weighted by atomic mass is 15.3. The van der Waals surface area contributed by atoms with Gasteiger partial charge >= 0.3 is 0 Å². The van der Waals surface area contributed by atoms with E-state index in [2.05, 4.69) is 23.2 Å². The van der Waals surface area contributed by atoms with Gasteiger partial charge in [0.05, 0.1) is 11.9 Å². The first-order valence-corrected chi connectivity index (χ1v) is 5.93. The van der Waals surface area contributed by atoms with Crippen molar-refractivity contribution in [2.45, 2.75) is 6.42 Å². The van der Waals surface area contributed by atoms with Gasteiger partial charge in [-0.2, -0.15) is 5.10 Å². The summed E-state index contributed by atoms with van der Waals surface area (Å²) >= 11 is 0. The average molecular weight is 236 g/mol. The lowest BCUT2D eigenvalue weighted by Gasteiger charge is -2.06. The smallest absolute Gasteiger partial charge is 0.0596 e. The standard InChI is InChI=1S/C16H16N2/c1-2-8-15-11-6-7-12-16(15)18-17-13-14-9-4-3-5-10-14/h2-7,9-13,18H,1,8H2/b17-13+. The van der Waals surface area contributed by atoms with Gasteiger partial charge in [0.15, 0.2) is 0 Å². The van der Waals surface area contributed by atoms with Crippen molar-refractivity contribution in [2.24, 2.45) is 5.10 Å². The topological polar surface area (TPSA) is 24.4 Å². The second-order valence-electron chi connectivity index (χ2n) is 3.93. The first-order valence-electron chi connectivity index (χ1n) is 5.93. The third-order valence-corrected chi connectivity index (χ3v) is 2.58. The van der Waals surface area contributed by atoms with E-state index in [0.717, 1.165) is 17.7 Å². The Morgan fingerprint density at radius 2 is 1.72 bits per heavy atom. The SMILES string of the molecule is C=CCc1ccccc1N/N=C/c1ccccc1. The van der Waals surface area contributed by atoms with E-state index in [1.807, 2.05) is 60.8 Å². The van der Waals surface area contributed by atoms with Crippen LogP contribution in [-0.4, -0.2) is 6.21 Å². The minimum atomic E-state index is 0.837. The van der Waals surface area contributed by atoms with Crippen LogP contribution in [0.3, 0.4) is 0 Å². The highest BCUT2D eigenvalue weighted by molar-refractivity contribution is 5.80. The van der Waals surface area contributed by atoms with Crippen molar-refractivity contribution in [3.8, 4) is 0 Å². The number of allylic oxidation sites excluding steroid dienone is 1. The fourth-order valence-corrected chi connectivity index (χ4v) is 1.68. The predicted octanol–water partition coefficient (Wildman–Crippen LogP) is 3.86. The molecule has 0 heterocycles. The van der Waals surface area contributed by atoms with Crippen molar-refractivity contribution < 1.29 is 0 Å². The summed E-state index contributed by atoms with van der Waals surface area (Å²) in [5.41, 5.74) is 6.35. The molecule has 0 bridgehead atoms. The van der Waals surface area contributed by atoms with Crippen LogP contribution in [0.5, 0.6) is 0 Å². The Balaban J connectivity index is 2.06. The lowest BCUT2D eigenvalue weighted by atomic mass is 10.1. The van der Waals surface area contributed by atoms with Crippen LogP contribution in [0.15, 0.2) is 72.4 Å². The molecule has 0 radical (unpaired) electrons. The van der Waals surface area contributed by atoms with Gasteiger partial charge in [0.1, 0.15) is 0 Å². The van der Waals surface area contributed by atoms with Gasteiger partial charge in [-0.25, -0.2) is 0 Å². The molecule has 0 unspecified atom stereocenters. The van der Waals surface area contributed by atoms with E-state index < -0.39 is 0 Å². The quantitative estimate of drug-likeness (QED) is 0.476. The van der Waals surface area contributed by atoms with E-state index in [1.54, 1.807) is 0 Å². The number of nitrogens with zero attached hydrogens (tertiary/aromatic N) is 1. The minimum Gasteiger partial charge on any atom is -0.278 e. The van der Waals surface area contributed by atoms with E-state index in [1.165, 1.54) is 5.56 Å². The van der Waals surface area contributed by atoms with Crippen molar-refractivity contribution in [3.05, 3.63) is 78.4 Å². The molecule has 0 spiro atoms. The normalized spacial score (nSPS) is 10.4. The number of anilines is 1. The van der Waals surface area contributed by atoms with E-state index in [4.69, 9.17) is 0 Å². The summed E-state index contributed by atoms with van der Waals surface area (Å²) in [6.45, 7) is 3.76. The Bertz CT molecular complexity index is 530. The fourth-order valence-electron chi connectivity index (χ4n) is 1.68. The zero-order valence-corrected chi connectivity index (χ0v) is 10.2. The second-order valence-corrected chi connectivity index (χ2v) is 3.93. The third-order valence-electron chi connectivity index (χ3n) is 2.58. The van der Waals surface area contributed by atoms with Gasteiger partial charge in [0.25, 0.3) is 0 Å². The van der Waals surface area contributed by atoms with Crippen LogP contribution in [0, 0.1) is 0 Å². The molecular weight excluding hydrogens is 220 g/mol. The number of hydrazone groups is 1. The van der Waals surface area contributed by atoms with Crippen LogP contribution in [0.4, 0.5) is 5.69 Å². The first-order chi connectivity index (χ1) is 8.90. The van der Waals surface area contributed by atoms with Gasteiger partial charge < -0.3 is 0 Å². The average Bonchev–Trinajstić information content (AvgIpc) is 2.42. The fraction of sp³-hybridized carbons (Fsp3) is 0.0625. The maximum absolute atomic E-state index is 4.25. The van der Waals surface area contributed by atoms with Gasteiger partial charge in [-0.1, -0.05) is 54.6 Å². The maximum atomic E-state index is 4.25. The van der Waals surface area contributed by atoms with Crippen LogP contribution in [0.1, 0.15) is 11.1 Å². The van der Waals surface area contributed by atoms with Crippen LogP contribution in [-0.2, 0) is 6.42 Å². The molecule has 1 N–H and O–H groups in total. The number of nitrogens with one attached hydrogen (secondary N) is 1. The third kappa shape index (κ3) is 3.32. The molecule has 18 heavy (non-hydrogen) atoms. The summed E-state index contributed by atoms with van der Waals surface area (Å²) in [5.74, 6) is 0. The number of benzene rings is 2. The van der Waals surface area contributed by atoms with E-state index in [0.29, 0.717) is 0 Å². The van der Waals surface area contributed by atoms with Gasteiger partial charge in [0.2, 0.25) is 0 Å². The highest BCUT2D eigenvalue weighted by Crippen LogP contribution is 2.15. The molecule has 2 rings (SSSR count). The van der Waals surface area contributed by atoms with Gasteiger partial charge in [-0.15, -0.1) is 6.58 Å². The molecular formula is C16H16N2. The zero-order valence-electron chi connectivity index (χ0n) is 10.2. The molecule has 0 amide bonds. The second kappa shape index (κ2) is 6.40. The number of hydrogen-bond acceptors (Lipinski definition) is 2. The van der Waals surface area contributed by atoms with Crippen molar-refractivity contribution in [3.63, 3.8) is 0 Å². The van der Waals surface area contributed by atoms with Gasteiger partial charge in [-0.05, 0) is 23.6 Å². The Morgan fingerprint density at radius 1 is 1.00 bits per heavy atom. The lowest BCUT2D eigenvalue weighted by molar-refractivity contribution is 1.23. The number of hydrogen-bond donors (Lipinski definition) is 1. The molecule has 2 nitrogen and oxygen atoms in total. The molecule has 2 aromatic carbocycles. The van der Waals surface area contributed by atoms with Crippen molar-refractivity contribution >= 4 is 11.9 Å². The summed E-state index contributed by atoms with van der Waals surface area (Å²) in [5, 5.41) is 4.25. The minimum absolute atomic E-state index is 0.837. The van der Waals surface area contributed by atoms with E-state index in [9.17, 15) is 0 Å². The Kier molecular flexibility index (Phi) is 4.31. The lowest BCUT2D eigenvalue weighted by Crippen LogP contribution is -1.95. The molecule has 0 atom stereocenters. The van der Waals surface area contributed by atoms with Crippen molar-refractivity contribution in [1.29, 1.82) is 0 Å². The van der Waals surface area contributed by atoms with Crippen LogP contribution in [0.2, 0.25) is 0 Å². The monoisotopic (exact) mass is 236 g/mol. The van der Waals surface area contributed by atoms with Crippen molar-refractivity contribution in [1.82, 2.24) is 0 Å². The molecule has 0 aliphatic heterocycles. The first kappa shape index (κ1) is 12.1. The van der Waals surface area contributed by atoms with Gasteiger partial charge in [0, 0.05) is 0 Å². The summed E-state index contributed by atoms with van der Waals surface area (Å²) in [6.07, 6.45) is 4.54. The Labute approximate surface area is 108 Å². The predicted molar refractivity (Wildman–Crippen MR) is 78.0 cm³/mol. The summed E-state index contributed by atoms with van der Waals surface area (Å²) in [7, 11) is 0. The summed E-state index contributed by atoms with van der Waals surface area (Å²) in [6, 6.07) is 18.1. The van der Waals surface area contributed by atoms with Crippen molar-refractivity contribution in [2.75, 3.05) is 5.43 Å².